The fourth-order valence-electron chi connectivity index (χ4n) is 1.46. The van der Waals surface area contributed by atoms with Crippen LogP contribution in [0.15, 0.2) is 24.3 Å². The van der Waals surface area contributed by atoms with Gasteiger partial charge in [0.2, 0.25) is 0 Å². The smallest absolute Gasteiger partial charge is 0.252 e. The Hall–Kier alpha value is -1.46. The zero-order chi connectivity index (χ0) is 10.8. The van der Waals surface area contributed by atoms with Crippen LogP contribution in [0.5, 0.6) is 0 Å². The van der Waals surface area contributed by atoms with Crippen molar-refractivity contribution < 1.29 is 4.79 Å². The van der Waals surface area contributed by atoms with Crippen LogP contribution < -0.4 is 16.0 Å². The number of nitrogens with zero attached hydrogens (tertiary/aromatic N) is 1. The Balaban J connectivity index is 2.29. The molecule has 4 nitrogen and oxygen atoms in total. The van der Waals surface area contributed by atoms with Crippen molar-refractivity contribution in [1.82, 2.24) is 5.32 Å². The van der Waals surface area contributed by atoms with Crippen molar-refractivity contribution in [2.75, 3.05) is 11.4 Å². The van der Waals surface area contributed by atoms with E-state index in [9.17, 15) is 4.79 Å². The molecule has 0 aromatic heterocycles. The van der Waals surface area contributed by atoms with E-state index in [0.717, 1.165) is 11.3 Å². The van der Waals surface area contributed by atoms with E-state index in [1.165, 1.54) is 4.90 Å². The maximum absolute atomic E-state index is 11.5. The molecule has 1 saturated heterocycles. The van der Waals surface area contributed by atoms with E-state index < -0.39 is 0 Å². The molecule has 0 spiro atoms. The minimum atomic E-state index is -0.0273. The number of carbonyl (C=O) groups is 1. The van der Waals surface area contributed by atoms with Gasteiger partial charge in [-0.05, 0) is 29.9 Å². The fourth-order valence-corrected chi connectivity index (χ4v) is 1.74. The van der Waals surface area contributed by atoms with Gasteiger partial charge < -0.3 is 11.1 Å². The van der Waals surface area contributed by atoms with E-state index in [4.69, 9.17) is 18.0 Å². The lowest BCUT2D eigenvalue weighted by atomic mass is 10.2. The number of anilines is 1. The topological polar surface area (TPSA) is 58.4 Å². The average molecular weight is 221 g/mol. The summed E-state index contributed by atoms with van der Waals surface area (Å²) < 4.78 is 0. The molecule has 2 rings (SSSR count). The molecule has 1 aromatic rings. The van der Waals surface area contributed by atoms with Crippen molar-refractivity contribution >= 4 is 28.9 Å². The first kappa shape index (κ1) is 10.1. The summed E-state index contributed by atoms with van der Waals surface area (Å²) in [5.74, 6) is -0.0273. The highest BCUT2D eigenvalue weighted by Gasteiger charge is 2.26. The molecule has 3 N–H and O–H groups in total. The molecular weight excluding hydrogens is 210 g/mol. The number of nitrogens with two attached hydrogens (primary N) is 1. The number of rotatable bonds is 2. The molecule has 1 aromatic carbocycles. The molecule has 0 unspecified atom stereocenters. The maximum Gasteiger partial charge on any atom is 0.252 e. The summed E-state index contributed by atoms with van der Waals surface area (Å²) in [7, 11) is 0. The molecule has 0 aliphatic carbocycles. The van der Waals surface area contributed by atoms with Crippen LogP contribution in [0.1, 0.15) is 5.56 Å². The molecule has 5 heteroatoms. The molecule has 0 radical (unpaired) electrons. The van der Waals surface area contributed by atoms with Crippen molar-refractivity contribution in [3.05, 3.63) is 29.8 Å². The second kappa shape index (κ2) is 3.96. The Morgan fingerprint density at radius 2 is 2.07 bits per heavy atom. The minimum absolute atomic E-state index is 0.0273. The van der Waals surface area contributed by atoms with Crippen molar-refractivity contribution in [2.24, 2.45) is 5.73 Å². The Bertz CT molecular complexity index is 386. The van der Waals surface area contributed by atoms with E-state index in [1.54, 1.807) is 0 Å². The SMILES string of the molecule is NCc1ccc(N2C(=O)CNC2=S)cc1. The Morgan fingerprint density at radius 1 is 1.40 bits per heavy atom. The van der Waals surface area contributed by atoms with Gasteiger partial charge in [0.15, 0.2) is 5.11 Å². The molecule has 1 heterocycles. The van der Waals surface area contributed by atoms with Gasteiger partial charge >= 0.3 is 0 Å². The quantitative estimate of drug-likeness (QED) is 0.708. The average Bonchev–Trinajstić information content (AvgIpc) is 2.59. The van der Waals surface area contributed by atoms with Gasteiger partial charge in [0.1, 0.15) is 0 Å². The van der Waals surface area contributed by atoms with Gasteiger partial charge in [-0.15, -0.1) is 0 Å². The van der Waals surface area contributed by atoms with Crippen LogP contribution >= 0.6 is 12.2 Å². The van der Waals surface area contributed by atoms with Crippen LogP contribution in [-0.4, -0.2) is 17.6 Å². The van der Waals surface area contributed by atoms with Gasteiger partial charge in [-0.3, -0.25) is 9.69 Å². The first-order valence-corrected chi connectivity index (χ1v) is 5.03. The van der Waals surface area contributed by atoms with Gasteiger partial charge in [-0.2, -0.15) is 0 Å². The maximum atomic E-state index is 11.5. The molecule has 0 saturated carbocycles. The Kier molecular flexibility index (Phi) is 2.66. The van der Waals surface area contributed by atoms with Crippen molar-refractivity contribution in [3.8, 4) is 0 Å². The highest BCUT2D eigenvalue weighted by molar-refractivity contribution is 7.80. The van der Waals surface area contributed by atoms with Crippen LogP contribution in [0.25, 0.3) is 0 Å². The van der Waals surface area contributed by atoms with Gasteiger partial charge in [-0.25, -0.2) is 0 Å². The summed E-state index contributed by atoms with van der Waals surface area (Å²) in [6.07, 6.45) is 0. The van der Waals surface area contributed by atoms with Crippen molar-refractivity contribution in [3.63, 3.8) is 0 Å². The molecule has 1 aliphatic rings. The monoisotopic (exact) mass is 221 g/mol. The summed E-state index contributed by atoms with van der Waals surface area (Å²) in [5, 5.41) is 3.29. The molecule has 1 aliphatic heterocycles. The molecule has 1 fully saturated rings. The summed E-state index contributed by atoms with van der Waals surface area (Å²) in [4.78, 5) is 13.0. The largest absolute Gasteiger partial charge is 0.353 e. The lowest BCUT2D eigenvalue weighted by molar-refractivity contribution is -0.115. The van der Waals surface area contributed by atoms with E-state index >= 15 is 0 Å². The summed E-state index contributed by atoms with van der Waals surface area (Å²) in [6.45, 7) is 0.772. The molecule has 0 atom stereocenters. The third-order valence-corrected chi connectivity index (χ3v) is 2.60. The third-order valence-electron chi connectivity index (χ3n) is 2.27. The summed E-state index contributed by atoms with van der Waals surface area (Å²) in [5.41, 5.74) is 7.31. The number of nitrogens with one attached hydrogen (secondary N) is 1. The zero-order valence-corrected chi connectivity index (χ0v) is 8.88. The predicted molar refractivity (Wildman–Crippen MR) is 62.4 cm³/mol. The number of carbonyl (C=O) groups excluding carboxylic acids is 1. The van der Waals surface area contributed by atoms with Crippen LogP contribution in [0.3, 0.4) is 0 Å². The first-order chi connectivity index (χ1) is 7.22. The minimum Gasteiger partial charge on any atom is -0.353 e. The third kappa shape index (κ3) is 1.84. The normalized spacial score (nSPS) is 15.7. The van der Waals surface area contributed by atoms with E-state index in [0.29, 0.717) is 11.7 Å². The van der Waals surface area contributed by atoms with Crippen LogP contribution in [0, 0.1) is 0 Å². The van der Waals surface area contributed by atoms with Crippen molar-refractivity contribution in [1.29, 1.82) is 0 Å². The summed E-state index contributed by atoms with van der Waals surface area (Å²) in [6, 6.07) is 7.48. The van der Waals surface area contributed by atoms with Crippen LogP contribution in [0.4, 0.5) is 5.69 Å². The molecule has 1 amide bonds. The standard InChI is InChI=1S/C10H11N3OS/c11-5-7-1-3-8(4-2-7)13-9(14)6-12-10(13)15/h1-4H,5-6,11H2,(H,12,15). The number of amides is 1. The Labute approximate surface area is 93.1 Å². The fraction of sp³-hybridized carbons (Fsp3) is 0.200. The number of hydrogen-bond donors (Lipinski definition) is 2. The number of hydrogen-bond acceptors (Lipinski definition) is 3. The number of benzene rings is 1. The van der Waals surface area contributed by atoms with Gasteiger partial charge in [-0.1, -0.05) is 12.1 Å². The highest BCUT2D eigenvalue weighted by atomic mass is 32.1. The van der Waals surface area contributed by atoms with E-state index in [-0.39, 0.29) is 12.5 Å². The molecular formula is C10H11N3OS. The van der Waals surface area contributed by atoms with Gasteiger partial charge in [0.05, 0.1) is 12.2 Å². The van der Waals surface area contributed by atoms with Gasteiger partial charge in [0, 0.05) is 6.54 Å². The molecule has 15 heavy (non-hydrogen) atoms. The van der Waals surface area contributed by atoms with Crippen molar-refractivity contribution in [2.45, 2.75) is 6.54 Å². The lowest BCUT2D eigenvalue weighted by Crippen LogP contribution is -2.30. The number of thiocarbonyl (C=S) groups is 1. The molecule has 78 valence electrons. The van der Waals surface area contributed by atoms with E-state index in [1.807, 2.05) is 24.3 Å². The van der Waals surface area contributed by atoms with Crippen LogP contribution in [-0.2, 0) is 11.3 Å². The Morgan fingerprint density at radius 3 is 2.53 bits per heavy atom. The zero-order valence-electron chi connectivity index (χ0n) is 8.06. The first-order valence-electron chi connectivity index (χ1n) is 4.62. The van der Waals surface area contributed by atoms with Gasteiger partial charge in [0.25, 0.3) is 5.91 Å². The lowest BCUT2D eigenvalue weighted by Gasteiger charge is -2.14. The molecule has 0 bridgehead atoms. The summed E-state index contributed by atoms with van der Waals surface area (Å²) >= 11 is 5.03. The highest BCUT2D eigenvalue weighted by Crippen LogP contribution is 2.17. The second-order valence-electron chi connectivity index (χ2n) is 3.26. The van der Waals surface area contributed by atoms with E-state index in [2.05, 4.69) is 5.32 Å². The second-order valence-corrected chi connectivity index (χ2v) is 3.65. The van der Waals surface area contributed by atoms with Crippen LogP contribution in [0.2, 0.25) is 0 Å². The predicted octanol–water partition coefficient (Wildman–Crippen LogP) is 0.366.